The number of rotatable bonds is 5. The zero-order valence-electron chi connectivity index (χ0n) is 12.2. The van der Waals surface area contributed by atoms with E-state index in [9.17, 15) is 0 Å². The van der Waals surface area contributed by atoms with E-state index >= 15 is 0 Å². The van der Waals surface area contributed by atoms with Gasteiger partial charge < -0.3 is 8.94 Å². The zero-order chi connectivity index (χ0) is 15.5. The third-order valence-corrected chi connectivity index (χ3v) is 4.50. The molecule has 3 rings (SSSR count). The summed E-state index contributed by atoms with van der Waals surface area (Å²) in [7, 11) is 0. The molecule has 0 aliphatic heterocycles. The first-order chi connectivity index (χ1) is 10.6. The number of benzene rings is 1. The average Bonchev–Trinajstić information content (AvgIpc) is 3.09. The SMILES string of the molecule is Cc1noc(C)c1CSCc1nnc(-c2ccccc2Cl)o1. The van der Waals surface area contributed by atoms with Crippen LogP contribution in [0, 0.1) is 13.8 Å². The van der Waals surface area contributed by atoms with Crippen molar-refractivity contribution >= 4 is 23.4 Å². The van der Waals surface area contributed by atoms with Gasteiger partial charge >= 0.3 is 0 Å². The van der Waals surface area contributed by atoms with Gasteiger partial charge in [-0.15, -0.1) is 22.0 Å². The Morgan fingerprint density at radius 3 is 2.68 bits per heavy atom. The smallest absolute Gasteiger partial charge is 0.249 e. The fourth-order valence-corrected chi connectivity index (χ4v) is 3.23. The lowest BCUT2D eigenvalue weighted by Crippen LogP contribution is -1.87. The topological polar surface area (TPSA) is 65.0 Å². The Morgan fingerprint density at radius 1 is 1.14 bits per heavy atom. The summed E-state index contributed by atoms with van der Waals surface area (Å²) in [5, 5.41) is 12.7. The molecular formula is C15H14ClN3O2S. The number of aromatic nitrogens is 3. The minimum atomic E-state index is 0.443. The molecule has 0 aliphatic carbocycles. The monoisotopic (exact) mass is 335 g/mol. The highest BCUT2D eigenvalue weighted by atomic mass is 35.5. The van der Waals surface area contributed by atoms with Crippen molar-refractivity contribution in [2.45, 2.75) is 25.4 Å². The summed E-state index contributed by atoms with van der Waals surface area (Å²) < 4.78 is 10.8. The van der Waals surface area contributed by atoms with Gasteiger partial charge in [0.1, 0.15) is 5.76 Å². The molecule has 0 aliphatic rings. The zero-order valence-corrected chi connectivity index (χ0v) is 13.7. The van der Waals surface area contributed by atoms with Crippen molar-refractivity contribution in [2.24, 2.45) is 0 Å². The van der Waals surface area contributed by atoms with Crippen LogP contribution in [0.2, 0.25) is 5.02 Å². The minimum Gasteiger partial charge on any atom is -0.420 e. The van der Waals surface area contributed by atoms with Crippen LogP contribution < -0.4 is 0 Å². The summed E-state index contributed by atoms with van der Waals surface area (Å²) in [4.78, 5) is 0. The largest absolute Gasteiger partial charge is 0.420 e. The Bertz CT molecular complexity index is 765. The summed E-state index contributed by atoms with van der Waals surface area (Å²) in [5.41, 5.74) is 2.79. The molecule has 0 atom stereocenters. The van der Waals surface area contributed by atoms with E-state index in [1.807, 2.05) is 32.0 Å². The summed E-state index contributed by atoms with van der Waals surface area (Å²) in [6.45, 7) is 3.85. The molecule has 2 aromatic heterocycles. The number of halogens is 1. The Labute approximate surface area is 137 Å². The van der Waals surface area contributed by atoms with Gasteiger partial charge in [-0.25, -0.2) is 0 Å². The maximum Gasteiger partial charge on any atom is 0.249 e. The Morgan fingerprint density at radius 2 is 1.95 bits per heavy atom. The maximum atomic E-state index is 6.12. The molecule has 5 nitrogen and oxygen atoms in total. The highest BCUT2D eigenvalue weighted by Gasteiger charge is 2.13. The first kappa shape index (κ1) is 15.1. The van der Waals surface area contributed by atoms with Crippen molar-refractivity contribution in [2.75, 3.05) is 0 Å². The fraction of sp³-hybridized carbons (Fsp3) is 0.267. The third kappa shape index (κ3) is 3.18. The van der Waals surface area contributed by atoms with Crippen molar-refractivity contribution in [3.63, 3.8) is 0 Å². The van der Waals surface area contributed by atoms with Gasteiger partial charge in [0.15, 0.2) is 0 Å². The van der Waals surface area contributed by atoms with Crippen LogP contribution in [0.4, 0.5) is 0 Å². The van der Waals surface area contributed by atoms with E-state index in [2.05, 4.69) is 15.4 Å². The Kier molecular flexibility index (Phi) is 4.49. The molecule has 7 heteroatoms. The molecule has 0 amide bonds. The van der Waals surface area contributed by atoms with Crippen molar-refractivity contribution in [3.8, 4) is 11.5 Å². The molecule has 0 unspecified atom stereocenters. The molecule has 0 saturated heterocycles. The molecular weight excluding hydrogens is 322 g/mol. The van der Waals surface area contributed by atoms with E-state index in [0.717, 1.165) is 28.3 Å². The third-order valence-electron chi connectivity index (χ3n) is 3.22. The van der Waals surface area contributed by atoms with Crippen molar-refractivity contribution in [1.82, 2.24) is 15.4 Å². The standard InChI is InChI=1S/C15H14ClN3O2S/c1-9-12(10(2)21-19-9)7-22-8-14-17-18-15(20-14)11-5-3-4-6-13(11)16/h3-6H,7-8H2,1-2H3. The van der Waals surface area contributed by atoms with Crippen LogP contribution in [0.3, 0.4) is 0 Å². The number of aryl methyl sites for hydroxylation is 2. The number of hydrogen-bond donors (Lipinski definition) is 0. The average molecular weight is 336 g/mol. The maximum absolute atomic E-state index is 6.12. The Hall–Kier alpha value is -1.79. The molecule has 22 heavy (non-hydrogen) atoms. The predicted molar refractivity (Wildman–Crippen MR) is 85.7 cm³/mol. The highest BCUT2D eigenvalue weighted by molar-refractivity contribution is 7.97. The lowest BCUT2D eigenvalue weighted by molar-refractivity contribution is 0.392. The molecule has 1 aromatic carbocycles. The summed E-state index contributed by atoms with van der Waals surface area (Å²) >= 11 is 7.80. The van der Waals surface area contributed by atoms with Crippen molar-refractivity contribution < 1.29 is 8.94 Å². The highest BCUT2D eigenvalue weighted by Crippen LogP contribution is 2.28. The molecule has 0 saturated carbocycles. The lowest BCUT2D eigenvalue weighted by Gasteiger charge is -1.98. The summed E-state index contributed by atoms with van der Waals surface area (Å²) in [6, 6.07) is 7.41. The van der Waals surface area contributed by atoms with Crippen LogP contribution >= 0.6 is 23.4 Å². The van der Waals surface area contributed by atoms with Gasteiger partial charge in [0.2, 0.25) is 11.8 Å². The predicted octanol–water partition coefficient (Wildman–Crippen LogP) is 4.43. The molecule has 2 heterocycles. The summed E-state index contributed by atoms with van der Waals surface area (Å²) in [5.74, 6) is 3.30. The van der Waals surface area contributed by atoms with E-state index in [4.69, 9.17) is 20.5 Å². The lowest BCUT2D eigenvalue weighted by atomic mass is 10.2. The van der Waals surface area contributed by atoms with Gasteiger partial charge in [0.25, 0.3) is 0 Å². The number of hydrogen-bond acceptors (Lipinski definition) is 6. The van der Waals surface area contributed by atoms with Crippen molar-refractivity contribution in [1.29, 1.82) is 0 Å². The fourth-order valence-electron chi connectivity index (χ4n) is 2.00. The van der Waals surface area contributed by atoms with Gasteiger partial charge in [-0.1, -0.05) is 28.9 Å². The van der Waals surface area contributed by atoms with Crippen LogP contribution in [-0.2, 0) is 11.5 Å². The van der Waals surface area contributed by atoms with Crippen LogP contribution in [-0.4, -0.2) is 15.4 Å². The molecule has 0 N–H and O–H groups in total. The van der Waals surface area contributed by atoms with Crippen molar-refractivity contribution in [3.05, 3.63) is 52.2 Å². The van der Waals surface area contributed by atoms with Crippen LogP contribution in [0.1, 0.15) is 22.9 Å². The van der Waals surface area contributed by atoms with E-state index in [0.29, 0.717) is 22.6 Å². The van der Waals surface area contributed by atoms with E-state index in [-0.39, 0.29) is 0 Å². The second-order valence-electron chi connectivity index (χ2n) is 4.78. The van der Waals surface area contributed by atoms with Gasteiger partial charge in [-0.2, -0.15) is 0 Å². The van der Waals surface area contributed by atoms with Crippen LogP contribution in [0.5, 0.6) is 0 Å². The number of thioether (sulfide) groups is 1. The van der Waals surface area contributed by atoms with Gasteiger partial charge in [0.05, 0.1) is 22.0 Å². The molecule has 0 spiro atoms. The number of nitrogens with zero attached hydrogens (tertiary/aromatic N) is 3. The summed E-state index contributed by atoms with van der Waals surface area (Å²) in [6.07, 6.45) is 0. The molecule has 0 radical (unpaired) electrons. The second kappa shape index (κ2) is 6.54. The second-order valence-corrected chi connectivity index (χ2v) is 6.17. The first-order valence-electron chi connectivity index (χ1n) is 6.72. The van der Waals surface area contributed by atoms with E-state index in [1.54, 1.807) is 17.8 Å². The van der Waals surface area contributed by atoms with Gasteiger partial charge in [-0.3, -0.25) is 0 Å². The minimum absolute atomic E-state index is 0.443. The quantitative estimate of drug-likeness (QED) is 0.687. The Balaban J connectivity index is 1.64. The molecule has 3 aromatic rings. The first-order valence-corrected chi connectivity index (χ1v) is 8.25. The van der Waals surface area contributed by atoms with Gasteiger partial charge in [0, 0.05) is 11.3 Å². The van der Waals surface area contributed by atoms with Crippen LogP contribution in [0.15, 0.2) is 33.2 Å². The van der Waals surface area contributed by atoms with Gasteiger partial charge in [-0.05, 0) is 26.0 Å². The van der Waals surface area contributed by atoms with E-state index in [1.165, 1.54) is 0 Å². The molecule has 0 fully saturated rings. The molecule has 0 bridgehead atoms. The normalized spacial score (nSPS) is 11.0. The van der Waals surface area contributed by atoms with Crippen LogP contribution in [0.25, 0.3) is 11.5 Å². The molecule has 114 valence electrons. The van der Waals surface area contributed by atoms with E-state index < -0.39 is 0 Å².